The summed E-state index contributed by atoms with van der Waals surface area (Å²) in [6.07, 6.45) is 0.755. The van der Waals surface area contributed by atoms with Gasteiger partial charge in [-0.05, 0) is 38.1 Å². The van der Waals surface area contributed by atoms with Crippen molar-refractivity contribution in [2.75, 3.05) is 13.2 Å². The number of nitrogens with one attached hydrogen (secondary N) is 1. The van der Waals surface area contributed by atoms with E-state index in [2.05, 4.69) is 10.3 Å². The summed E-state index contributed by atoms with van der Waals surface area (Å²) in [4.78, 5) is 5.38. The molecule has 1 aromatic heterocycles. The molecule has 0 saturated heterocycles. The number of ether oxygens (including phenoxy) is 1. The normalized spacial score (nSPS) is 12.4. The third-order valence-electron chi connectivity index (χ3n) is 3.40. The molecule has 2 aromatic rings. The maximum atomic E-state index is 14.0. The molecule has 21 heavy (non-hydrogen) atoms. The van der Waals surface area contributed by atoms with Crippen molar-refractivity contribution in [3.63, 3.8) is 0 Å². The van der Waals surface area contributed by atoms with Gasteiger partial charge in [0.1, 0.15) is 0 Å². The van der Waals surface area contributed by atoms with Crippen LogP contribution in [0.5, 0.6) is 5.75 Å². The molecule has 0 spiro atoms. The summed E-state index contributed by atoms with van der Waals surface area (Å²) < 4.78 is 19.6. The van der Waals surface area contributed by atoms with E-state index in [-0.39, 0.29) is 11.9 Å². The molecular weight excluding hydrogens is 287 g/mol. The molecule has 0 saturated carbocycles. The second kappa shape index (κ2) is 7.52. The Labute approximate surface area is 129 Å². The maximum Gasteiger partial charge on any atom is 0.165 e. The van der Waals surface area contributed by atoms with Crippen LogP contribution < -0.4 is 10.1 Å². The molecule has 2 rings (SSSR count). The first kappa shape index (κ1) is 15.9. The van der Waals surface area contributed by atoms with Crippen LogP contribution in [0.3, 0.4) is 0 Å². The summed E-state index contributed by atoms with van der Waals surface area (Å²) in [6.45, 7) is 7.35. The van der Waals surface area contributed by atoms with Gasteiger partial charge >= 0.3 is 0 Å². The molecule has 0 radical (unpaired) electrons. The predicted molar refractivity (Wildman–Crippen MR) is 84.5 cm³/mol. The summed E-state index contributed by atoms with van der Waals surface area (Å²) in [5.41, 5.74) is 3.78. The van der Waals surface area contributed by atoms with E-state index in [0.29, 0.717) is 12.4 Å². The summed E-state index contributed by atoms with van der Waals surface area (Å²) in [5, 5.41) is 3.26. The Hall–Kier alpha value is -1.46. The molecule has 1 unspecified atom stereocenters. The van der Waals surface area contributed by atoms with Gasteiger partial charge in [0.05, 0.1) is 17.8 Å². The summed E-state index contributed by atoms with van der Waals surface area (Å²) >= 11 is 1.61. The molecule has 5 heteroatoms. The molecule has 1 heterocycles. The number of aryl methyl sites for hydroxylation is 1. The Morgan fingerprint density at radius 3 is 2.86 bits per heavy atom. The van der Waals surface area contributed by atoms with E-state index in [9.17, 15) is 4.39 Å². The first-order valence-corrected chi connectivity index (χ1v) is 8.04. The fourth-order valence-electron chi connectivity index (χ4n) is 2.15. The van der Waals surface area contributed by atoms with E-state index < -0.39 is 0 Å². The monoisotopic (exact) mass is 308 g/mol. The van der Waals surface area contributed by atoms with Crippen molar-refractivity contribution >= 4 is 11.3 Å². The minimum atomic E-state index is -0.307. The zero-order chi connectivity index (χ0) is 15.2. The highest BCUT2D eigenvalue weighted by atomic mass is 32.1. The van der Waals surface area contributed by atoms with Crippen molar-refractivity contribution in [3.05, 3.63) is 45.7 Å². The summed E-state index contributed by atoms with van der Waals surface area (Å²) in [7, 11) is 0. The zero-order valence-electron chi connectivity index (χ0n) is 12.6. The first-order chi connectivity index (χ1) is 10.1. The van der Waals surface area contributed by atoms with Gasteiger partial charge in [-0.1, -0.05) is 13.0 Å². The smallest absolute Gasteiger partial charge is 0.165 e. The number of halogens is 1. The minimum absolute atomic E-state index is 0.137. The molecule has 3 nitrogen and oxygen atoms in total. The van der Waals surface area contributed by atoms with Crippen LogP contribution >= 0.6 is 11.3 Å². The van der Waals surface area contributed by atoms with E-state index >= 15 is 0 Å². The Balaban J connectivity index is 1.93. The lowest BCUT2D eigenvalue weighted by molar-refractivity contribution is 0.305. The molecule has 0 aliphatic carbocycles. The highest BCUT2D eigenvalue weighted by molar-refractivity contribution is 7.09. The van der Waals surface area contributed by atoms with Gasteiger partial charge in [0, 0.05) is 17.3 Å². The molecule has 0 amide bonds. The van der Waals surface area contributed by atoms with Crippen LogP contribution in [0, 0.1) is 12.7 Å². The van der Waals surface area contributed by atoms with Crippen LogP contribution in [0.1, 0.15) is 36.0 Å². The lowest BCUT2D eigenvalue weighted by Gasteiger charge is -2.14. The van der Waals surface area contributed by atoms with Crippen LogP contribution in [0.15, 0.2) is 23.7 Å². The van der Waals surface area contributed by atoms with Gasteiger partial charge in [0.2, 0.25) is 0 Å². The molecule has 1 aromatic carbocycles. The summed E-state index contributed by atoms with van der Waals surface area (Å²) in [6, 6.07) is 5.29. The van der Waals surface area contributed by atoms with Gasteiger partial charge in [-0.25, -0.2) is 9.37 Å². The second-order valence-electron chi connectivity index (χ2n) is 4.93. The Kier molecular flexibility index (Phi) is 5.70. The van der Waals surface area contributed by atoms with Gasteiger partial charge in [0.15, 0.2) is 11.6 Å². The van der Waals surface area contributed by atoms with E-state index in [0.717, 1.165) is 24.2 Å². The van der Waals surface area contributed by atoms with Gasteiger partial charge in [-0.15, -0.1) is 11.3 Å². The maximum absolute atomic E-state index is 14.0. The highest BCUT2D eigenvalue weighted by Crippen LogP contribution is 2.22. The number of aromatic nitrogens is 1. The van der Waals surface area contributed by atoms with E-state index in [1.807, 2.05) is 32.3 Å². The number of hydrogen-bond donors (Lipinski definition) is 1. The molecular formula is C16H21FN2OS. The van der Waals surface area contributed by atoms with Gasteiger partial charge in [-0.2, -0.15) is 0 Å². The van der Waals surface area contributed by atoms with Gasteiger partial charge < -0.3 is 10.1 Å². The molecule has 0 bridgehead atoms. The van der Waals surface area contributed by atoms with Crippen molar-refractivity contribution in [2.45, 2.75) is 33.2 Å². The molecule has 0 aliphatic heterocycles. The lowest BCUT2D eigenvalue weighted by atomic mass is 10.1. The van der Waals surface area contributed by atoms with Gasteiger partial charge in [0.25, 0.3) is 0 Å². The molecule has 0 fully saturated rings. The van der Waals surface area contributed by atoms with Crippen LogP contribution in [0.25, 0.3) is 0 Å². The van der Waals surface area contributed by atoms with Crippen LogP contribution in [0.4, 0.5) is 4.39 Å². The van der Waals surface area contributed by atoms with E-state index in [1.54, 1.807) is 23.5 Å². The third kappa shape index (κ3) is 4.25. The Morgan fingerprint density at radius 2 is 2.24 bits per heavy atom. The first-order valence-electron chi connectivity index (χ1n) is 7.16. The fraction of sp³-hybridized carbons (Fsp3) is 0.438. The van der Waals surface area contributed by atoms with Crippen molar-refractivity contribution in [2.24, 2.45) is 0 Å². The zero-order valence-corrected chi connectivity index (χ0v) is 13.5. The second-order valence-corrected chi connectivity index (χ2v) is 5.87. The topological polar surface area (TPSA) is 34.1 Å². The minimum Gasteiger partial charge on any atom is -0.490 e. The number of nitrogens with zero attached hydrogens (tertiary/aromatic N) is 1. The lowest BCUT2D eigenvalue weighted by Crippen LogP contribution is -2.17. The Morgan fingerprint density at radius 1 is 1.43 bits per heavy atom. The van der Waals surface area contributed by atoms with Crippen LogP contribution in [-0.2, 0) is 6.42 Å². The average Bonchev–Trinajstić information content (AvgIpc) is 2.86. The molecule has 0 aliphatic rings. The number of hydrogen-bond acceptors (Lipinski definition) is 4. The van der Waals surface area contributed by atoms with E-state index in [1.165, 1.54) is 4.88 Å². The standard InChI is InChI=1S/C16H21FN2OS/c1-4-18-11(2)13-5-6-15(14(17)9-13)20-8-7-16-12(3)19-10-21-16/h5-6,9-11,18H,4,7-8H2,1-3H3. The van der Waals surface area contributed by atoms with E-state index in [4.69, 9.17) is 4.74 Å². The largest absolute Gasteiger partial charge is 0.490 e. The third-order valence-corrected chi connectivity index (χ3v) is 4.39. The number of rotatable bonds is 7. The van der Waals surface area contributed by atoms with Crippen LogP contribution in [-0.4, -0.2) is 18.1 Å². The van der Waals surface area contributed by atoms with Crippen LogP contribution in [0.2, 0.25) is 0 Å². The quantitative estimate of drug-likeness (QED) is 0.843. The van der Waals surface area contributed by atoms with Crippen molar-refractivity contribution in [1.29, 1.82) is 0 Å². The highest BCUT2D eigenvalue weighted by Gasteiger charge is 2.10. The molecule has 1 atom stereocenters. The van der Waals surface area contributed by atoms with Gasteiger partial charge in [-0.3, -0.25) is 0 Å². The van der Waals surface area contributed by atoms with Crippen molar-refractivity contribution < 1.29 is 9.13 Å². The molecule has 114 valence electrons. The number of benzene rings is 1. The average molecular weight is 308 g/mol. The number of thiazole rings is 1. The van der Waals surface area contributed by atoms with Crippen molar-refractivity contribution in [1.82, 2.24) is 10.3 Å². The summed E-state index contributed by atoms with van der Waals surface area (Å²) in [5.74, 6) is 0.00268. The fourth-order valence-corrected chi connectivity index (χ4v) is 2.91. The van der Waals surface area contributed by atoms with Crippen molar-refractivity contribution in [3.8, 4) is 5.75 Å². The Bertz CT molecular complexity index is 585. The SMILES string of the molecule is CCNC(C)c1ccc(OCCc2scnc2C)c(F)c1. The molecule has 1 N–H and O–H groups in total. The predicted octanol–water partition coefficient (Wildman–Crippen LogP) is 3.88.